The van der Waals surface area contributed by atoms with Gasteiger partial charge < -0.3 is 14.2 Å². The topological polar surface area (TPSA) is 88.2 Å². The minimum atomic E-state index is -0.625. The van der Waals surface area contributed by atoms with Gasteiger partial charge in [-0.05, 0) is 57.6 Å². The van der Waals surface area contributed by atoms with E-state index >= 15 is 4.39 Å². The molecule has 7 nitrogen and oxygen atoms in total. The summed E-state index contributed by atoms with van der Waals surface area (Å²) in [6.45, 7) is 6.05. The minimum Gasteiger partial charge on any atom is -0.444 e. The fourth-order valence-corrected chi connectivity index (χ4v) is 7.46. The first-order chi connectivity index (χ1) is 20.4. The van der Waals surface area contributed by atoms with Gasteiger partial charge in [-0.2, -0.15) is 5.26 Å². The molecule has 0 radical (unpaired) electrons. The second-order valence-corrected chi connectivity index (χ2v) is 13.6. The van der Waals surface area contributed by atoms with Crippen LogP contribution < -0.4 is 5.43 Å². The number of aromatic nitrogens is 2. The van der Waals surface area contributed by atoms with Crippen LogP contribution in [-0.2, 0) is 11.2 Å². The molecule has 3 atom stereocenters. The maximum atomic E-state index is 16.8. The highest BCUT2D eigenvalue weighted by atomic mass is 35.5. The predicted octanol–water partition coefficient (Wildman–Crippen LogP) is 8.02. The number of carbonyl (C=O) groups excluding carboxylic acids is 1. The van der Waals surface area contributed by atoms with Gasteiger partial charge in [0.2, 0.25) is 0 Å². The Kier molecular flexibility index (Phi) is 7.60. The molecule has 1 amide bonds. The lowest BCUT2D eigenvalue weighted by atomic mass is 9.79. The van der Waals surface area contributed by atoms with Gasteiger partial charge in [-0.1, -0.05) is 35.3 Å². The van der Waals surface area contributed by atoms with Gasteiger partial charge in [-0.25, -0.2) is 14.2 Å². The third-order valence-electron chi connectivity index (χ3n) is 8.26. The number of pyridine rings is 2. The highest BCUT2D eigenvalue weighted by Crippen LogP contribution is 2.51. The van der Waals surface area contributed by atoms with E-state index in [0.717, 1.165) is 6.42 Å². The molecule has 43 heavy (non-hydrogen) atoms. The number of hydrogen-bond acceptors (Lipinski definition) is 6. The average molecular weight is 640 g/mol. The van der Waals surface area contributed by atoms with Crippen molar-refractivity contribution in [3.63, 3.8) is 0 Å². The van der Waals surface area contributed by atoms with E-state index in [1.807, 2.05) is 31.4 Å². The first-order valence-corrected chi connectivity index (χ1v) is 16.0. The lowest BCUT2D eigenvalue weighted by Gasteiger charge is -2.39. The smallest absolute Gasteiger partial charge is 0.410 e. The van der Waals surface area contributed by atoms with E-state index in [1.165, 1.54) is 17.8 Å². The molecule has 3 aliphatic rings. The van der Waals surface area contributed by atoms with E-state index in [-0.39, 0.29) is 63.5 Å². The summed E-state index contributed by atoms with van der Waals surface area (Å²) in [5.74, 6) is -0.446. The first-order valence-electron chi connectivity index (χ1n) is 14.0. The number of hydrogen-bond donors (Lipinski definition) is 0. The number of amides is 1. The molecule has 0 spiro atoms. The number of rotatable bonds is 5. The van der Waals surface area contributed by atoms with E-state index in [9.17, 15) is 14.9 Å². The number of aryl methyl sites for hydroxylation is 1. The van der Waals surface area contributed by atoms with Crippen LogP contribution in [0.25, 0.3) is 32.9 Å². The van der Waals surface area contributed by atoms with Crippen LogP contribution in [0.4, 0.5) is 9.18 Å². The van der Waals surface area contributed by atoms with Gasteiger partial charge in [0.15, 0.2) is 11.2 Å². The van der Waals surface area contributed by atoms with Gasteiger partial charge in [0.1, 0.15) is 16.1 Å². The number of halogens is 3. The fraction of sp³-hybridized carbons (Fsp3) is 0.375. The Morgan fingerprint density at radius 3 is 2.74 bits per heavy atom. The molecule has 11 heteroatoms. The van der Waals surface area contributed by atoms with Gasteiger partial charge in [-0.3, -0.25) is 4.79 Å². The summed E-state index contributed by atoms with van der Waals surface area (Å²) < 4.78 is 24.5. The van der Waals surface area contributed by atoms with Gasteiger partial charge in [-0.15, -0.1) is 11.8 Å². The molecule has 4 aromatic rings. The number of thioether (sulfide) groups is 1. The summed E-state index contributed by atoms with van der Waals surface area (Å²) in [4.78, 5) is 32.9. The molecule has 7 rings (SSSR count). The van der Waals surface area contributed by atoms with Crippen molar-refractivity contribution in [2.24, 2.45) is 5.92 Å². The second-order valence-electron chi connectivity index (χ2n) is 12.0. The van der Waals surface area contributed by atoms with Crippen LogP contribution in [0.5, 0.6) is 0 Å². The molecule has 2 aliphatic heterocycles. The lowest BCUT2D eigenvalue weighted by Crippen LogP contribution is -2.44. The van der Waals surface area contributed by atoms with Crippen LogP contribution in [0.1, 0.15) is 45.2 Å². The lowest BCUT2D eigenvalue weighted by molar-refractivity contribution is 0.0210. The molecule has 3 fully saturated rings. The second kappa shape index (κ2) is 11.0. The van der Waals surface area contributed by atoms with Crippen LogP contribution >= 0.6 is 35.0 Å². The van der Waals surface area contributed by atoms with Crippen molar-refractivity contribution in [1.29, 1.82) is 5.26 Å². The number of nitrogens with zero attached hydrogens (tertiary/aromatic N) is 4. The minimum absolute atomic E-state index is 0.0959. The molecule has 1 aliphatic carbocycles. The molecule has 4 heterocycles. The van der Waals surface area contributed by atoms with Gasteiger partial charge in [0.25, 0.3) is 0 Å². The van der Waals surface area contributed by atoms with Gasteiger partial charge >= 0.3 is 6.09 Å². The Labute approximate surface area is 262 Å². The van der Waals surface area contributed by atoms with Crippen molar-refractivity contribution in [2.45, 2.75) is 62.7 Å². The number of nitriles is 1. The van der Waals surface area contributed by atoms with Crippen molar-refractivity contribution < 1.29 is 13.9 Å². The van der Waals surface area contributed by atoms with Crippen LogP contribution in [0.3, 0.4) is 0 Å². The Morgan fingerprint density at radius 2 is 2.05 bits per heavy atom. The molecule has 2 aromatic heterocycles. The van der Waals surface area contributed by atoms with Crippen LogP contribution in [0.15, 0.2) is 46.3 Å². The average Bonchev–Trinajstić information content (AvgIpc) is 3.55. The summed E-state index contributed by atoms with van der Waals surface area (Å²) in [6, 6.07) is 10.3. The summed E-state index contributed by atoms with van der Waals surface area (Å²) in [5.41, 5.74) is 1.02. The normalized spacial score (nSPS) is 19.5. The standard InChI is InChI=1S/C32H29Cl2FN4O3S/c1-32(2,3)42-31(41)39-15-17-14-21(39)28(17)38-12-10-22(40)24-29(38)19-13-16(7-6-11-36)23(18-8-5-9-20(33)25(18)34)26(35)27(19)37-30(24)43-4/h5,8-10,12-13,17,21,28H,6-7,14-15H2,1-4H3/t17-,21-,28+/m1/s1. The number of carbonyl (C=O) groups is 1. The maximum Gasteiger partial charge on any atom is 0.410 e. The third kappa shape index (κ3) is 4.94. The van der Waals surface area contributed by atoms with E-state index < -0.39 is 11.4 Å². The number of fused-ring (bicyclic) bond motifs is 4. The summed E-state index contributed by atoms with van der Waals surface area (Å²) in [7, 11) is 0. The molecular weight excluding hydrogens is 610 g/mol. The Balaban J connectivity index is 1.62. The summed E-state index contributed by atoms with van der Waals surface area (Å²) in [5, 5.41) is 11.2. The zero-order valence-electron chi connectivity index (χ0n) is 24.1. The van der Waals surface area contributed by atoms with Gasteiger partial charge in [0, 0.05) is 47.7 Å². The highest BCUT2D eigenvalue weighted by molar-refractivity contribution is 7.98. The third-order valence-corrected chi connectivity index (χ3v) is 9.76. The monoisotopic (exact) mass is 638 g/mol. The van der Waals surface area contributed by atoms with Crippen molar-refractivity contribution in [3.05, 3.63) is 68.2 Å². The van der Waals surface area contributed by atoms with Gasteiger partial charge in [0.05, 0.1) is 39.1 Å². The fourth-order valence-electron chi connectivity index (χ4n) is 6.48. The van der Waals surface area contributed by atoms with Crippen LogP contribution in [-0.4, -0.2) is 45.0 Å². The quantitative estimate of drug-likeness (QED) is 0.162. The van der Waals surface area contributed by atoms with E-state index in [0.29, 0.717) is 39.0 Å². The summed E-state index contributed by atoms with van der Waals surface area (Å²) >= 11 is 14.2. The largest absolute Gasteiger partial charge is 0.444 e. The number of benzene rings is 2. The van der Waals surface area contributed by atoms with Crippen molar-refractivity contribution in [1.82, 2.24) is 14.5 Å². The Bertz CT molecular complexity index is 1920. The van der Waals surface area contributed by atoms with Crippen molar-refractivity contribution >= 4 is 62.9 Å². The number of ether oxygens (including phenoxy) is 1. The van der Waals surface area contributed by atoms with E-state index in [4.69, 9.17) is 27.9 Å². The van der Waals surface area contributed by atoms with E-state index in [2.05, 4.69) is 11.1 Å². The molecule has 222 valence electrons. The molecule has 0 N–H and O–H groups in total. The predicted molar refractivity (Wildman–Crippen MR) is 169 cm³/mol. The first kappa shape index (κ1) is 29.7. The van der Waals surface area contributed by atoms with E-state index in [1.54, 1.807) is 35.6 Å². The van der Waals surface area contributed by atoms with Crippen molar-refractivity contribution in [2.75, 3.05) is 12.8 Å². The van der Waals surface area contributed by atoms with Crippen LogP contribution in [0.2, 0.25) is 10.0 Å². The zero-order valence-corrected chi connectivity index (χ0v) is 26.4. The molecule has 1 saturated carbocycles. The molecule has 2 saturated heterocycles. The Hall–Kier alpha value is -3.32. The summed E-state index contributed by atoms with van der Waals surface area (Å²) in [6.07, 6.45) is 4.40. The molecule has 2 aromatic carbocycles. The molecule has 0 unspecified atom stereocenters. The van der Waals surface area contributed by atoms with Crippen LogP contribution in [0, 0.1) is 23.1 Å². The highest BCUT2D eigenvalue weighted by Gasteiger charge is 2.55. The Morgan fingerprint density at radius 1 is 1.28 bits per heavy atom. The maximum absolute atomic E-state index is 16.8. The SMILES string of the molecule is CSc1nc2c(F)c(-c3cccc(Cl)c3Cl)c(CCC#N)cc2c2c1c(=O)ccn2[C@H]1[C@@H]2C[C@H]1N(C(=O)OC(C)(C)C)C2. The molecule has 2 bridgehead atoms. The van der Waals surface area contributed by atoms with Crippen molar-refractivity contribution in [3.8, 4) is 17.2 Å². The molecular formula is C32H29Cl2FN4O3S. The zero-order chi connectivity index (χ0) is 30.8.